The lowest BCUT2D eigenvalue weighted by Gasteiger charge is -2.21. The lowest BCUT2D eigenvalue weighted by atomic mass is 10.2. The van der Waals surface area contributed by atoms with E-state index in [1.165, 1.54) is 11.0 Å². The average molecular weight is 423 g/mol. The molecule has 0 saturated heterocycles. The zero-order valence-electron chi connectivity index (χ0n) is 14.6. The standard InChI is InChI=1S/C19H20BrFN2O3/c1-3-23(12-14-10-15(20)6-9-17(14)21)18(24)11-22-19(25)13-4-7-16(26-2)8-5-13/h4-10H,3,11-12H2,1-2H3,(H,22,25). The van der Waals surface area contributed by atoms with Crippen LogP contribution in [0.15, 0.2) is 46.9 Å². The summed E-state index contributed by atoms with van der Waals surface area (Å²) in [4.78, 5) is 26.0. The second-order valence-electron chi connectivity index (χ2n) is 5.55. The van der Waals surface area contributed by atoms with Crippen LogP contribution in [-0.4, -0.2) is 36.9 Å². The van der Waals surface area contributed by atoms with Crippen molar-refractivity contribution >= 4 is 27.7 Å². The van der Waals surface area contributed by atoms with Crippen LogP contribution >= 0.6 is 15.9 Å². The lowest BCUT2D eigenvalue weighted by Crippen LogP contribution is -2.39. The van der Waals surface area contributed by atoms with Crippen molar-refractivity contribution in [3.05, 3.63) is 63.9 Å². The molecule has 0 radical (unpaired) electrons. The molecule has 26 heavy (non-hydrogen) atoms. The van der Waals surface area contributed by atoms with E-state index < -0.39 is 0 Å². The predicted molar refractivity (Wildman–Crippen MR) is 101 cm³/mol. The molecule has 5 nitrogen and oxygen atoms in total. The van der Waals surface area contributed by atoms with Crippen molar-refractivity contribution < 1.29 is 18.7 Å². The van der Waals surface area contributed by atoms with E-state index in [2.05, 4.69) is 21.2 Å². The van der Waals surface area contributed by atoms with Gasteiger partial charge in [-0.25, -0.2) is 4.39 Å². The molecule has 0 aliphatic rings. The molecule has 138 valence electrons. The SMILES string of the molecule is CCN(Cc1cc(Br)ccc1F)C(=O)CNC(=O)c1ccc(OC)cc1. The van der Waals surface area contributed by atoms with Crippen LogP contribution in [0, 0.1) is 5.82 Å². The topological polar surface area (TPSA) is 58.6 Å². The van der Waals surface area contributed by atoms with Crippen LogP contribution in [-0.2, 0) is 11.3 Å². The van der Waals surface area contributed by atoms with Crippen molar-refractivity contribution in [1.82, 2.24) is 10.2 Å². The summed E-state index contributed by atoms with van der Waals surface area (Å²) in [6.45, 7) is 2.19. The Hall–Kier alpha value is -2.41. The molecule has 0 bridgehead atoms. The minimum absolute atomic E-state index is 0.138. The van der Waals surface area contributed by atoms with Crippen LogP contribution in [0.4, 0.5) is 4.39 Å². The molecule has 0 aromatic heterocycles. The van der Waals surface area contributed by atoms with E-state index in [9.17, 15) is 14.0 Å². The monoisotopic (exact) mass is 422 g/mol. The third-order valence-electron chi connectivity index (χ3n) is 3.86. The number of carbonyl (C=O) groups excluding carboxylic acids is 2. The van der Waals surface area contributed by atoms with Gasteiger partial charge in [0.05, 0.1) is 13.7 Å². The number of hydrogen-bond donors (Lipinski definition) is 1. The molecule has 0 saturated carbocycles. The fourth-order valence-corrected chi connectivity index (χ4v) is 2.77. The van der Waals surface area contributed by atoms with E-state index in [0.717, 1.165) is 4.47 Å². The third kappa shape index (κ3) is 5.29. The first kappa shape index (κ1) is 19.9. The second-order valence-corrected chi connectivity index (χ2v) is 6.47. The van der Waals surface area contributed by atoms with Crippen molar-refractivity contribution in [2.45, 2.75) is 13.5 Å². The van der Waals surface area contributed by atoms with E-state index in [1.807, 2.05) is 0 Å². The number of nitrogens with one attached hydrogen (secondary N) is 1. The van der Waals surface area contributed by atoms with Crippen LogP contribution in [0.25, 0.3) is 0 Å². The maximum atomic E-state index is 13.9. The quantitative estimate of drug-likeness (QED) is 0.743. The average Bonchev–Trinajstić information content (AvgIpc) is 2.66. The highest BCUT2D eigenvalue weighted by atomic mass is 79.9. The number of likely N-dealkylation sites (N-methyl/N-ethyl adjacent to an activating group) is 1. The Morgan fingerprint density at radius 3 is 2.50 bits per heavy atom. The van der Waals surface area contributed by atoms with E-state index in [1.54, 1.807) is 50.4 Å². The Labute approximate surface area is 160 Å². The van der Waals surface area contributed by atoms with Crippen molar-refractivity contribution in [2.24, 2.45) is 0 Å². The third-order valence-corrected chi connectivity index (χ3v) is 4.35. The molecular weight excluding hydrogens is 403 g/mol. The molecule has 0 unspecified atom stereocenters. The Morgan fingerprint density at radius 2 is 1.88 bits per heavy atom. The Kier molecular flexibility index (Phi) is 7.15. The Balaban J connectivity index is 1.95. The van der Waals surface area contributed by atoms with E-state index in [0.29, 0.717) is 23.4 Å². The fraction of sp³-hybridized carbons (Fsp3) is 0.263. The minimum atomic E-state index is -0.373. The molecule has 2 amide bonds. The highest BCUT2D eigenvalue weighted by Gasteiger charge is 2.16. The molecular formula is C19H20BrFN2O3. The predicted octanol–water partition coefficient (Wildman–Crippen LogP) is 3.38. The van der Waals surface area contributed by atoms with E-state index >= 15 is 0 Å². The molecule has 2 rings (SSSR count). The number of nitrogens with zero attached hydrogens (tertiary/aromatic N) is 1. The van der Waals surface area contributed by atoms with Gasteiger partial charge < -0.3 is 15.0 Å². The van der Waals surface area contributed by atoms with Gasteiger partial charge in [-0.3, -0.25) is 9.59 Å². The smallest absolute Gasteiger partial charge is 0.251 e. The van der Waals surface area contributed by atoms with Gasteiger partial charge in [0, 0.05) is 28.7 Å². The van der Waals surface area contributed by atoms with Crippen LogP contribution in [0.2, 0.25) is 0 Å². The van der Waals surface area contributed by atoms with Crippen molar-refractivity contribution in [1.29, 1.82) is 0 Å². The summed E-state index contributed by atoms with van der Waals surface area (Å²) in [5.41, 5.74) is 0.843. The van der Waals surface area contributed by atoms with Gasteiger partial charge >= 0.3 is 0 Å². The summed E-state index contributed by atoms with van der Waals surface area (Å²) in [7, 11) is 1.54. The van der Waals surface area contributed by atoms with Crippen molar-refractivity contribution in [3.63, 3.8) is 0 Å². The number of rotatable bonds is 7. The number of methoxy groups -OCH3 is 1. The normalized spacial score (nSPS) is 10.3. The van der Waals surface area contributed by atoms with Gasteiger partial charge in [0.25, 0.3) is 5.91 Å². The summed E-state index contributed by atoms with van der Waals surface area (Å²) in [6.07, 6.45) is 0. The molecule has 2 aromatic rings. The van der Waals surface area contributed by atoms with Gasteiger partial charge in [-0.2, -0.15) is 0 Å². The number of benzene rings is 2. The van der Waals surface area contributed by atoms with Crippen molar-refractivity contribution in [3.8, 4) is 5.75 Å². The molecule has 0 aliphatic carbocycles. The van der Waals surface area contributed by atoms with E-state index in [-0.39, 0.29) is 30.7 Å². The molecule has 0 heterocycles. The lowest BCUT2D eigenvalue weighted by molar-refractivity contribution is -0.130. The van der Waals surface area contributed by atoms with Crippen LogP contribution < -0.4 is 10.1 Å². The first-order valence-electron chi connectivity index (χ1n) is 8.08. The number of hydrogen-bond acceptors (Lipinski definition) is 3. The fourth-order valence-electron chi connectivity index (χ4n) is 2.36. The van der Waals surface area contributed by atoms with Crippen LogP contribution in [0.5, 0.6) is 5.75 Å². The van der Waals surface area contributed by atoms with Gasteiger partial charge in [0.2, 0.25) is 5.91 Å². The van der Waals surface area contributed by atoms with Gasteiger partial charge in [0.15, 0.2) is 0 Å². The molecule has 0 fully saturated rings. The largest absolute Gasteiger partial charge is 0.497 e. The molecule has 2 aromatic carbocycles. The van der Waals surface area contributed by atoms with Crippen LogP contribution in [0.3, 0.4) is 0 Å². The molecule has 0 aliphatic heterocycles. The highest BCUT2D eigenvalue weighted by molar-refractivity contribution is 9.10. The minimum Gasteiger partial charge on any atom is -0.497 e. The number of halogens is 2. The summed E-state index contributed by atoms with van der Waals surface area (Å²) in [5, 5.41) is 2.59. The number of amides is 2. The molecule has 1 N–H and O–H groups in total. The maximum Gasteiger partial charge on any atom is 0.251 e. The summed E-state index contributed by atoms with van der Waals surface area (Å²) in [5.74, 6) is -0.369. The van der Waals surface area contributed by atoms with Gasteiger partial charge in [-0.1, -0.05) is 15.9 Å². The number of ether oxygens (including phenoxy) is 1. The molecule has 0 atom stereocenters. The van der Waals surface area contributed by atoms with Crippen molar-refractivity contribution in [2.75, 3.05) is 20.2 Å². The van der Waals surface area contributed by atoms with E-state index in [4.69, 9.17) is 4.74 Å². The summed E-state index contributed by atoms with van der Waals surface area (Å²) in [6, 6.07) is 11.2. The molecule has 7 heteroatoms. The second kappa shape index (κ2) is 9.33. The summed E-state index contributed by atoms with van der Waals surface area (Å²) >= 11 is 3.30. The Morgan fingerprint density at radius 1 is 1.19 bits per heavy atom. The zero-order valence-corrected chi connectivity index (χ0v) is 16.2. The maximum absolute atomic E-state index is 13.9. The first-order valence-corrected chi connectivity index (χ1v) is 8.87. The first-order chi connectivity index (χ1) is 12.4. The van der Waals surface area contributed by atoms with Gasteiger partial charge in [-0.05, 0) is 49.4 Å². The zero-order chi connectivity index (χ0) is 19.1. The summed E-state index contributed by atoms with van der Waals surface area (Å²) < 4.78 is 19.7. The number of carbonyl (C=O) groups is 2. The highest BCUT2D eigenvalue weighted by Crippen LogP contribution is 2.17. The van der Waals surface area contributed by atoms with Gasteiger partial charge in [-0.15, -0.1) is 0 Å². The van der Waals surface area contributed by atoms with Gasteiger partial charge in [0.1, 0.15) is 11.6 Å². The van der Waals surface area contributed by atoms with Crippen LogP contribution in [0.1, 0.15) is 22.8 Å². The molecule has 0 spiro atoms. The Bertz CT molecular complexity index is 781.